The molecule has 5 nitrogen and oxygen atoms in total. The fourth-order valence-electron chi connectivity index (χ4n) is 2.99. The van der Waals surface area contributed by atoms with Crippen LogP contribution in [-0.4, -0.2) is 20.4 Å². The number of benzene rings is 2. The summed E-state index contributed by atoms with van der Waals surface area (Å²) in [5.41, 5.74) is 1.71. The molecule has 2 aromatic heterocycles. The van der Waals surface area contributed by atoms with Gasteiger partial charge >= 0.3 is 6.18 Å². The van der Waals surface area contributed by atoms with E-state index in [0.717, 1.165) is 23.2 Å². The van der Waals surface area contributed by atoms with Crippen molar-refractivity contribution in [3.05, 3.63) is 84.3 Å². The van der Waals surface area contributed by atoms with Crippen LogP contribution in [0.15, 0.2) is 73.2 Å². The van der Waals surface area contributed by atoms with Crippen molar-refractivity contribution in [3.8, 4) is 5.82 Å². The zero-order chi connectivity index (χ0) is 20.4. The first-order valence-electron chi connectivity index (χ1n) is 8.75. The molecule has 29 heavy (non-hydrogen) atoms. The third kappa shape index (κ3) is 4.11. The summed E-state index contributed by atoms with van der Waals surface area (Å²) < 4.78 is 40.2. The molecule has 0 aliphatic carbocycles. The molecule has 0 saturated carbocycles. The Kier molecular flexibility index (Phi) is 4.75. The third-order valence-corrected chi connectivity index (χ3v) is 4.35. The Morgan fingerprint density at radius 3 is 2.59 bits per heavy atom. The number of rotatable bonds is 4. The van der Waals surface area contributed by atoms with Gasteiger partial charge in [-0.05, 0) is 35.9 Å². The summed E-state index contributed by atoms with van der Waals surface area (Å²) in [5, 5.41) is 2.65. The van der Waals surface area contributed by atoms with Gasteiger partial charge in [0.2, 0.25) is 5.91 Å². The number of hydrogen-bond acceptors (Lipinski definition) is 3. The summed E-state index contributed by atoms with van der Waals surface area (Å²) in [4.78, 5) is 20.8. The minimum absolute atomic E-state index is 0.169. The molecule has 4 rings (SSSR count). The van der Waals surface area contributed by atoms with Crippen molar-refractivity contribution in [1.82, 2.24) is 14.5 Å². The summed E-state index contributed by atoms with van der Waals surface area (Å²) in [7, 11) is 0. The molecule has 1 N–H and O–H groups in total. The van der Waals surface area contributed by atoms with E-state index in [2.05, 4.69) is 15.3 Å². The Morgan fingerprint density at radius 1 is 1.00 bits per heavy atom. The van der Waals surface area contributed by atoms with E-state index in [1.54, 1.807) is 18.5 Å². The molecule has 4 aromatic rings. The van der Waals surface area contributed by atoms with Crippen LogP contribution in [0.3, 0.4) is 0 Å². The fourth-order valence-corrected chi connectivity index (χ4v) is 2.99. The Bertz CT molecular complexity index is 1170. The number of alkyl halides is 3. The summed E-state index contributed by atoms with van der Waals surface area (Å²) in [6.45, 7) is 0. The Balaban J connectivity index is 1.46. The van der Waals surface area contributed by atoms with Gasteiger partial charge < -0.3 is 5.32 Å². The molecule has 0 aliphatic rings. The van der Waals surface area contributed by atoms with Crippen LogP contribution < -0.4 is 5.32 Å². The van der Waals surface area contributed by atoms with Crippen molar-refractivity contribution < 1.29 is 18.0 Å². The van der Waals surface area contributed by atoms with Crippen LogP contribution in [0.4, 0.5) is 18.9 Å². The maximum atomic E-state index is 12.8. The van der Waals surface area contributed by atoms with Crippen molar-refractivity contribution in [1.29, 1.82) is 0 Å². The van der Waals surface area contributed by atoms with Gasteiger partial charge in [-0.2, -0.15) is 13.2 Å². The number of nitrogens with one attached hydrogen (secondary N) is 1. The number of amides is 1. The molecule has 8 heteroatoms. The lowest BCUT2D eigenvalue weighted by molar-refractivity contribution is -0.137. The molecule has 0 unspecified atom stereocenters. The van der Waals surface area contributed by atoms with Gasteiger partial charge in [0.15, 0.2) is 0 Å². The average molecular weight is 396 g/mol. The zero-order valence-corrected chi connectivity index (χ0v) is 15.0. The highest BCUT2D eigenvalue weighted by atomic mass is 19.4. The molecular formula is C21H15F3N4O. The number of fused-ring (bicyclic) bond motifs is 1. The summed E-state index contributed by atoms with van der Waals surface area (Å²) in [6.07, 6.45) is -1.45. The van der Waals surface area contributed by atoms with Gasteiger partial charge in [0, 0.05) is 0 Å². The van der Waals surface area contributed by atoms with Crippen molar-refractivity contribution in [2.24, 2.45) is 0 Å². The van der Waals surface area contributed by atoms with Crippen molar-refractivity contribution in [2.45, 2.75) is 12.6 Å². The van der Waals surface area contributed by atoms with Gasteiger partial charge in [-0.15, -0.1) is 0 Å². The van der Waals surface area contributed by atoms with Gasteiger partial charge in [-0.25, -0.2) is 9.97 Å². The Hall–Kier alpha value is -3.68. The average Bonchev–Trinajstić information content (AvgIpc) is 3.12. The first-order valence-corrected chi connectivity index (χ1v) is 8.75. The normalized spacial score (nSPS) is 11.6. The van der Waals surface area contributed by atoms with E-state index in [1.165, 1.54) is 18.3 Å². The minimum Gasteiger partial charge on any atom is -0.324 e. The number of aromatic nitrogens is 3. The molecule has 0 fully saturated rings. The van der Waals surface area contributed by atoms with Gasteiger partial charge in [-0.1, -0.05) is 30.3 Å². The van der Waals surface area contributed by atoms with E-state index in [4.69, 9.17) is 0 Å². The lowest BCUT2D eigenvalue weighted by Gasteiger charge is -2.09. The lowest BCUT2D eigenvalue weighted by atomic mass is 10.1. The molecule has 0 bridgehead atoms. The van der Waals surface area contributed by atoms with Crippen LogP contribution in [-0.2, 0) is 17.4 Å². The number of pyridine rings is 1. The molecule has 2 heterocycles. The number of anilines is 1. The van der Waals surface area contributed by atoms with E-state index in [1.807, 2.05) is 28.8 Å². The summed E-state index contributed by atoms with van der Waals surface area (Å²) in [6, 6.07) is 15.8. The second-order valence-electron chi connectivity index (χ2n) is 6.43. The molecule has 0 saturated heterocycles. The molecule has 0 radical (unpaired) electrons. The standard InChI is InChI=1S/C21H15F3N4O/c22-21(23,24)15-5-3-4-14(10-15)11-20(29)27-16-8-9-19(25-12-16)28-13-26-17-6-1-2-7-18(17)28/h1-10,12-13H,11H2,(H,27,29). The number of halogens is 3. The maximum Gasteiger partial charge on any atom is 0.416 e. The summed E-state index contributed by atoms with van der Waals surface area (Å²) in [5.74, 6) is 0.210. The number of carbonyl (C=O) groups is 1. The molecule has 0 aliphatic heterocycles. The monoisotopic (exact) mass is 396 g/mol. The topological polar surface area (TPSA) is 59.8 Å². The number of para-hydroxylation sites is 2. The van der Waals surface area contributed by atoms with Crippen LogP contribution >= 0.6 is 0 Å². The highest BCUT2D eigenvalue weighted by Gasteiger charge is 2.30. The molecule has 0 spiro atoms. The third-order valence-electron chi connectivity index (χ3n) is 4.35. The Labute approximate surface area is 163 Å². The largest absolute Gasteiger partial charge is 0.416 e. The number of nitrogens with zero attached hydrogens (tertiary/aromatic N) is 3. The molecule has 1 amide bonds. The number of imidazole rings is 1. The van der Waals surface area contributed by atoms with E-state index in [9.17, 15) is 18.0 Å². The van der Waals surface area contributed by atoms with Crippen LogP contribution in [0.1, 0.15) is 11.1 Å². The smallest absolute Gasteiger partial charge is 0.324 e. The van der Waals surface area contributed by atoms with Crippen molar-refractivity contribution >= 4 is 22.6 Å². The van der Waals surface area contributed by atoms with Crippen LogP contribution in [0, 0.1) is 0 Å². The predicted molar refractivity (Wildman–Crippen MR) is 103 cm³/mol. The number of hydrogen-bond donors (Lipinski definition) is 1. The van der Waals surface area contributed by atoms with Crippen LogP contribution in [0.2, 0.25) is 0 Å². The van der Waals surface area contributed by atoms with Crippen LogP contribution in [0.5, 0.6) is 0 Å². The lowest BCUT2D eigenvalue weighted by Crippen LogP contribution is -2.15. The highest BCUT2D eigenvalue weighted by Crippen LogP contribution is 2.29. The molecular weight excluding hydrogens is 381 g/mol. The second kappa shape index (κ2) is 7.38. The molecule has 0 atom stereocenters. The molecule has 2 aromatic carbocycles. The highest BCUT2D eigenvalue weighted by molar-refractivity contribution is 5.92. The second-order valence-corrected chi connectivity index (χ2v) is 6.43. The van der Waals surface area contributed by atoms with Crippen molar-refractivity contribution in [2.75, 3.05) is 5.32 Å². The minimum atomic E-state index is -4.44. The zero-order valence-electron chi connectivity index (χ0n) is 15.0. The maximum absolute atomic E-state index is 12.8. The number of carbonyl (C=O) groups excluding carboxylic acids is 1. The van der Waals surface area contributed by atoms with Gasteiger partial charge in [0.05, 0.1) is 34.9 Å². The molecule has 146 valence electrons. The van der Waals surface area contributed by atoms with E-state index < -0.39 is 17.6 Å². The van der Waals surface area contributed by atoms with E-state index >= 15 is 0 Å². The quantitative estimate of drug-likeness (QED) is 0.548. The first kappa shape index (κ1) is 18.7. The fraction of sp³-hybridized carbons (Fsp3) is 0.0952. The van der Waals surface area contributed by atoms with E-state index in [-0.39, 0.29) is 12.0 Å². The predicted octanol–water partition coefficient (Wildman–Crippen LogP) is 4.62. The van der Waals surface area contributed by atoms with Gasteiger partial charge in [0.25, 0.3) is 0 Å². The van der Waals surface area contributed by atoms with Gasteiger partial charge in [0.1, 0.15) is 12.1 Å². The van der Waals surface area contributed by atoms with Crippen molar-refractivity contribution in [3.63, 3.8) is 0 Å². The Morgan fingerprint density at radius 2 is 1.83 bits per heavy atom. The van der Waals surface area contributed by atoms with Gasteiger partial charge in [-0.3, -0.25) is 9.36 Å². The van der Waals surface area contributed by atoms with E-state index in [0.29, 0.717) is 11.5 Å². The summed E-state index contributed by atoms with van der Waals surface area (Å²) >= 11 is 0. The van der Waals surface area contributed by atoms with Crippen LogP contribution in [0.25, 0.3) is 16.9 Å². The first-order chi connectivity index (χ1) is 13.9. The SMILES string of the molecule is O=C(Cc1cccc(C(F)(F)F)c1)Nc1ccc(-n2cnc3ccccc32)nc1.